The van der Waals surface area contributed by atoms with Crippen molar-refractivity contribution in [2.75, 3.05) is 23.8 Å². The number of hydrogen-bond acceptors (Lipinski definition) is 4. The number of carbonyl (C=O) groups excluding carboxylic acids is 2. The van der Waals surface area contributed by atoms with E-state index in [1.165, 1.54) is 18.2 Å². The Morgan fingerprint density at radius 3 is 2.50 bits per heavy atom. The number of alkyl halides is 3. The molecule has 0 radical (unpaired) electrons. The molecule has 0 saturated heterocycles. The lowest BCUT2D eigenvalue weighted by Gasteiger charge is -2.19. The summed E-state index contributed by atoms with van der Waals surface area (Å²) in [5.41, 5.74) is -1.23. The third kappa shape index (κ3) is 5.12. The molecule has 6 nitrogen and oxygen atoms in total. The Hall–Kier alpha value is -3.70. The van der Waals surface area contributed by atoms with Crippen molar-refractivity contribution in [2.24, 2.45) is 0 Å². The third-order valence-corrected chi connectivity index (χ3v) is 5.78. The van der Waals surface area contributed by atoms with Gasteiger partial charge in [-0.3, -0.25) is 9.59 Å². The van der Waals surface area contributed by atoms with Crippen LogP contribution in [0.2, 0.25) is 5.02 Å². The summed E-state index contributed by atoms with van der Waals surface area (Å²) in [6, 6.07) is 6.74. The molecule has 3 aromatic carbocycles. The highest BCUT2D eigenvalue weighted by atomic mass is 35.5. The Morgan fingerprint density at radius 1 is 1.06 bits per heavy atom. The van der Waals surface area contributed by atoms with E-state index >= 15 is 0 Å². The molecule has 4 N–H and O–H groups in total. The van der Waals surface area contributed by atoms with Crippen molar-refractivity contribution in [3.05, 3.63) is 93.0 Å². The van der Waals surface area contributed by atoms with Crippen molar-refractivity contribution in [3.63, 3.8) is 0 Å². The van der Waals surface area contributed by atoms with Gasteiger partial charge in [0.05, 0.1) is 18.2 Å². The molecule has 188 valence electrons. The smallest absolute Gasteiger partial charge is 0.395 e. The highest BCUT2D eigenvalue weighted by molar-refractivity contribution is 6.31. The van der Waals surface area contributed by atoms with Crippen LogP contribution in [0.15, 0.2) is 48.5 Å². The minimum Gasteiger partial charge on any atom is -0.395 e. The van der Waals surface area contributed by atoms with E-state index < -0.39 is 46.8 Å². The van der Waals surface area contributed by atoms with Gasteiger partial charge in [0.2, 0.25) is 0 Å². The molecule has 0 aliphatic carbocycles. The molecule has 2 amide bonds. The van der Waals surface area contributed by atoms with Gasteiger partial charge in [-0.25, -0.2) is 8.78 Å². The van der Waals surface area contributed by atoms with Crippen LogP contribution in [0, 0.1) is 11.6 Å². The molecule has 0 fully saturated rings. The molecule has 1 atom stereocenters. The van der Waals surface area contributed by atoms with Gasteiger partial charge in [0.25, 0.3) is 11.8 Å². The van der Waals surface area contributed by atoms with Gasteiger partial charge in [0, 0.05) is 45.2 Å². The maximum absolute atomic E-state index is 14.0. The molecule has 0 bridgehead atoms. The van der Waals surface area contributed by atoms with E-state index in [-0.39, 0.29) is 46.6 Å². The highest BCUT2D eigenvalue weighted by Crippen LogP contribution is 2.41. The minimum absolute atomic E-state index is 0.0144. The van der Waals surface area contributed by atoms with Crippen LogP contribution >= 0.6 is 11.6 Å². The van der Waals surface area contributed by atoms with Crippen LogP contribution in [0.4, 0.5) is 33.3 Å². The fraction of sp³-hybridized carbons (Fsp3) is 0.167. The first-order valence-electron chi connectivity index (χ1n) is 10.5. The average molecular weight is 526 g/mol. The molecule has 1 unspecified atom stereocenters. The van der Waals surface area contributed by atoms with Crippen LogP contribution in [0.5, 0.6) is 0 Å². The fourth-order valence-electron chi connectivity index (χ4n) is 3.89. The largest absolute Gasteiger partial charge is 0.416 e. The summed E-state index contributed by atoms with van der Waals surface area (Å²) in [5, 5.41) is 17.1. The lowest BCUT2D eigenvalue weighted by molar-refractivity contribution is -0.137. The normalized spacial score (nSPS) is 14.9. The van der Waals surface area contributed by atoms with Crippen molar-refractivity contribution in [1.29, 1.82) is 0 Å². The second kappa shape index (κ2) is 9.75. The van der Waals surface area contributed by atoms with Crippen LogP contribution in [0.3, 0.4) is 0 Å². The first-order chi connectivity index (χ1) is 17.0. The van der Waals surface area contributed by atoms with E-state index in [1.54, 1.807) is 0 Å². The lowest BCUT2D eigenvalue weighted by Crippen LogP contribution is -2.21. The number of nitrogens with one attached hydrogen (secondary N) is 3. The number of amides is 2. The Labute approximate surface area is 206 Å². The van der Waals surface area contributed by atoms with E-state index in [1.807, 2.05) is 0 Å². The van der Waals surface area contributed by atoms with Gasteiger partial charge in [-0.1, -0.05) is 11.6 Å². The molecule has 12 heteroatoms. The Bertz CT molecular complexity index is 1360. The monoisotopic (exact) mass is 525 g/mol. The number of aliphatic hydroxyl groups excluding tert-OH is 1. The maximum atomic E-state index is 14.0. The van der Waals surface area contributed by atoms with Crippen molar-refractivity contribution in [1.82, 2.24) is 5.32 Å². The van der Waals surface area contributed by atoms with Crippen LogP contribution in [0.1, 0.15) is 43.4 Å². The molecule has 0 spiro atoms. The summed E-state index contributed by atoms with van der Waals surface area (Å²) in [6.45, 7) is -0.165. The first kappa shape index (κ1) is 25.4. The number of benzene rings is 3. The van der Waals surface area contributed by atoms with Gasteiger partial charge < -0.3 is 21.1 Å². The second-order valence-corrected chi connectivity index (χ2v) is 8.30. The van der Waals surface area contributed by atoms with Crippen molar-refractivity contribution in [3.8, 4) is 0 Å². The van der Waals surface area contributed by atoms with Crippen molar-refractivity contribution >= 4 is 34.8 Å². The predicted octanol–water partition coefficient (Wildman–Crippen LogP) is 5.13. The van der Waals surface area contributed by atoms with Gasteiger partial charge in [0.15, 0.2) is 0 Å². The van der Waals surface area contributed by atoms with E-state index in [0.29, 0.717) is 17.8 Å². The number of carbonyl (C=O) groups is 2. The molecule has 0 aromatic heterocycles. The van der Waals surface area contributed by atoms with Crippen LogP contribution in [-0.2, 0) is 6.18 Å². The molecule has 1 aliphatic heterocycles. The number of anilines is 2. The number of fused-ring (bicyclic) bond motifs is 1. The standard InChI is InChI=1S/C24H17ClF5N3O3/c25-18-2-1-13(26)8-16(18)21-20-17(23(36)33-21)9-15(31-3-4-34)10-19(20)32-22(35)11-5-12(24(28,29)30)7-14(27)6-11/h1-2,5-10,21,31,34H,3-4H2,(H,32,35)(H,33,36). The van der Waals surface area contributed by atoms with Crippen molar-refractivity contribution in [2.45, 2.75) is 12.2 Å². The van der Waals surface area contributed by atoms with Crippen LogP contribution in [0.25, 0.3) is 0 Å². The van der Waals surface area contributed by atoms with E-state index in [4.69, 9.17) is 16.7 Å². The topological polar surface area (TPSA) is 90.5 Å². The lowest BCUT2D eigenvalue weighted by atomic mass is 9.95. The Morgan fingerprint density at radius 2 is 1.81 bits per heavy atom. The number of halogens is 6. The summed E-state index contributed by atoms with van der Waals surface area (Å²) in [6.07, 6.45) is -4.89. The SMILES string of the molecule is O=C(Nc1cc(NCCO)cc2c1C(c1cc(F)ccc1Cl)NC2=O)c1cc(F)cc(C(F)(F)F)c1. The van der Waals surface area contributed by atoms with Gasteiger partial charge in [-0.2, -0.15) is 13.2 Å². The molecule has 1 heterocycles. The molecular weight excluding hydrogens is 509 g/mol. The van der Waals surface area contributed by atoms with E-state index in [0.717, 1.165) is 12.1 Å². The van der Waals surface area contributed by atoms with E-state index in [2.05, 4.69) is 16.0 Å². The Kier molecular flexibility index (Phi) is 6.87. The number of rotatable bonds is 6. The second-order valence-electron chi connectivity index (χ2n) is 7.89. The summed E-state index contributed by atoms with van der Waals surface area (Å²) < 4.78 is 67.2. The zero-order valence-electron chi connectivity index (χ0n) is 18.1. The summed E-state index contributed by atoms with van der Waals surface area (Å²) in [4.78, 5) is 25.7. The fourth-order valence-corrected chi connectivity index (χ4v) is 4.11. The van der Waals surface area contributed by atoms with E-state index in [9.17, 15) is 31.5 Å². The Balaban J connectivity index is 1.81. The van der Waals surface area contributed by atoms with Crippen LogP contribution < -0.4 is 16.0 Å². The molecule has 36 heavy (non-hydrogen) atoms. The zero-order valence-corrected chi connectivity index (χ0v) is 18.9. The average Bonchev–Trinajstić information content (AvgIpc) is 3.14. The quantitative estimate of drug-likeness (QED) is 0.336. The third-order valence-electron chi connectivity index (χ3n) is 5.43. The van der Waals surface area contributed by atoms with Crippen molar-refractivity contribution < 1.29 is 36.6 Å². The van der Waals surface area contributed by atoms with Crippen LogP contribution in [-0.4, -0.2) is 30.1 Å². The number of hydrogen-bond donors (Lipinski definition) is 4. The van der Waals surface area contributed by atoms with Gasteiger partial charge in [0.1, 0.15) is 11.6 Å². The number of aliphatic hydroxyl groups is 1. The van der Waals surface area contributed by atoms with Gasteiger partial charge >= 0.3 is 6.18 Å². The zero-order chi connectivity index (χ0) is 26.2. The summed E-state index contributed by atoms with van der Waals surface area (Å²) in [5.74, 6) is -3.56. The summed E-state index contributed by atoms with van der Waals surface area (Å²) in [7, 11) is 0. The van der Waals surface area contributed by atoms with Gasteiger partial charge in [-0.05, 0) is 48.5 Å². The first-order valence-corrected chi connectivity index (χ1v) is 10.8. The molecular formula is C24H17ClF5N3O3. The summed E-state index contributed by atoms with van der Waals surface area (Å²) >= 11 is 6.23. The molecule has 4 rings (SSSR count). The molecule has 1 aliphatic rings. The molecule has 0 saturated carbocycles. The highest BCUT2D eigenvalue weighted by Gasteiger charge is 2.35. The maximum Gasteiger partial charge on any atom is 0.416 e. The predicted molar refractivity (Wildman–Crippen MR) is 122 cm³/mol. The van der Waals surface area contributed by atoms with Gasteiger partial charge in [-0.15, -0.1) is 0 Å². The molecule has 3 aromatic rings. The minimum atomic E-state index is -4.89.